The van der Waals surface area contributed by atoms with E-state index in [4.69, 9.17) is 4.74 Å². The lowest BCUT2D eigenvalue weighted by atomic mass is 10.0. The molecule has 0 unspecified atom stereocenters. The Morgan fingerprint density at radius 3 is 2.29 bits per heavy atom. The first-order valence-corrected chi connectivity index (χ1v) is 8.88. The molecule has 0 spiro atoms. The molecule has 0 atom stereocenters. The molecule has 2 heterocycles. The van der Waals surface area contributed by atoms with Crippen molar-refractivity contribution in [1.82, 2.24) is 9.97 Å². The number of nitrogens with zero attached hydrogens (tertiary/aromatic N) is 2. The van der Waals surface area contributed by atoms with Crippen LogP contribution in [-0.4, -0.2) is 9.97 Å². The summed E-state index contributed by atoms with van der Waals surface area (Å²) < 4.78 is 56.7. The number of benzene rings is 2. The summed E-state index contributed by atoms with van der Waals surface area (Å²) in [5.41, 5.74) is 2.36. The molecule has 0 aliphatic carbocycles. The molecule has 0 aliphatic rings. The van der Waals surface area contributed by atoms with E-state index >= 15 is 0 Å². The van der Waals surface area contributed by atoms with Crippen LogP contribution in [0.2, 0.25) is 0 Å². The van der Waals surface area contributed by atoms with Gasteiger partial charge in [-0.25, -0.2) is 15.5 Å². The van der Waals surface area contributed by atoms with Gasteiger partial charge in [-0.1, -0.05) is 12.1 Å². The van der Waals surface area contributed by atoms with E-state index < -0.39 is 11.7 Å². The first kappa shape index (κ1) is 18.2. The molecule has 0 aliphatic heterocycles. The second-order valence-electron chi connectivity index (χ2n) is 5.80. The lowest BCUT2D eigenvalue weighted by molar-refractivity contribution is -0.137. The molecule has 0 amide bonds. The summed E-state index contributed by atoms with van der Waals surface area (Å²) in [7, 11) is 0. The number of alkyl halides is 3. The summed E-state index contributed by atoms with van der Waals surface area (Å²) in [6.45, 7) is 0. The summed E-state index contributed by atoms with van der Waals surface area (Å²) in [5, 5.41) is 2.39. The maximum absolute atomic E-state index is 12.8. The van der Waals surface area contributed by atoms with Crippen LogP contribution in [0.3, 0.4) is 0 Å². The summed E-state index contributed by atoms with van der Waals surface area (Å²) in [6, 6.07) is 11.0. The molecule has 0 radical (unpaired) electrons. The monoisotopic (exact) mass is 405 g/mol. The van der Waals surface area contributed by atoms with Crippen LogP contribution in [-0.2, 0) is 6.18 Å². The van der Waals surface area contributed by atoms with Gasteiger partial charge in [-0.05, 0) is 42.0 Å². The number of fused-ring (bicyclic) bond motifs is 1. The van der Waals surface area contributed by atoms with Crippen LogP contribution in [0.25, 0.3) is 21.3 Å². The Labute approximate surface area is 160 Å². The summed E-state index contributed by atoms with van der Waals surface area (Å²) in [6.07, 6.45) is -3.05. The number of anilines is 1. The molecule has 0 saturated heterocycles. The van der Waals surface area contributed by atoms with Gasteiger partial charge in [0.1, 0.15) is 16.9 Å². The number of thiophene rings is 1. The zero-order valence-electron chi connectivity index (χ0n) is 14.0. The van der Waals surface area contributed by atoms with E-state index in [-0.39, 0.29) is 11.6 Å². The molecule has 2 aromatic heterocycles. The highest BCUT2D eigenvalue weighted by atomic mass is 32.1. The van der Waals surface area contributed by atoms with E-state index in [1.165, 1.54) is 47.5 Å². The third kappa shape index (κ3) is 3.48. The minimum absolute atomic E-state index is 0.266. The second-order valence-corrected chi connectivity index (χ2v) is 6.66. The topological polar surface area (TPSA) is 47.0 Å². The van der Waals surface area contributed by atoms with Crippen molar-refractivity contribution in [1.29, 1.82) is 0 Å². The van der Waals surface area contributed by atoms with Gasteiger partial charge in [0.05, 0.1) is 16.6 Å². The van der Waals surface area contributed by atoms with Crippen LogP contribution in [0.5, 0.6) is 11.6 Å². The van der Waals surface area contributed by atoms with Crippen molar-refractivity contribution in [3.05, 3.63) is 65.8 Å². The average molecular weight is 405 g/mol. The van der Waals surface area contributed by atoms with Gasteiger partial charge >= 0.3 is 6.18 Å². The van der Waals surface area contributed by atoms with Crippen molar-refractivity contribution in [2.45, 2.75) is 6.18 Å². The molecule has 4 nitrogen and oxygen atoms in total. The zero-order valence-corrected chi connectivity index (χ0v) is 14.8. The fraction of sp³-hybridized carbons (Fsp3) is 0.0526. The predicted molar refractivity (Wildman–Crippen MR) is 99.1 cm³/mol. The van der Waals surface area contributed by atoms with Gasteiger partial charge in [-0.2, -0.15) is 13.2 Å². The zero-order chi connectivity index (χ0) is 19.7. The predicted octanol–water partition coefficient (Wildman–Crippen LogP) is 6.47. The van der Waals surface area contributed by atoms with Gasteiger partial charge < -0.3 is 4.74 Å². The molecule has 28 heavy (non-hydrogen) atoms. The van der Waals surface area contributed by atoms with Gasteiger partial charge in [0, 0.05) is 10.9 Å². The lowest BCUT2D eigenvalue weighted by Gasteiger charge is -2.09. The van der Waals surface area contributed by atoms with Crippen LogP contribution in [0, 0.1) is 0 Å². The third-order valence-corrected chi connectivity index (χ3v) is 4.92. The Bertz CT molecular complexity index is 1110. The molecule has 4 aromatic rings. The highest BCUT2D eigenvalue weighted by Gasteiger charge is 2.30. The average Bonchev–Trinajstić information content (AvgIpc) is 3.13. The van der Waals surface area contributed by atoms with Crippen molar-refractivity contribution in [3.8, 4) is 22.8 Å². The lowest BCUT2D eigenvalue weighted by Crippen LogP contribution is -2.03. The first-order valence-electron chi connectivity index (χ1n) is 8.00. The molecule has 0 fully saturated rings. The van der Waals surface area contributed by atoms with Crippen molar-refractivity contribution < 1.29 is 22.4 Å². The van der Waals surface area contributed by atoms with Crippen LogP contribution in [0.4, 0.5) is 23.3 Å². The quantitative estimate of drug-likeness (QED) is 0.312. The number of aromatic nitrogens is 2. The van der Waals surface area contributed by atoms with Gasteiger partial charge in [-0.3, -0.25) is 0 Å². The summed E-state index contributed by atoms with van der Waals surface area (Å²) in [4.78, 5) is 9.01. The summed E-state index contributed by atoms with van der Waals surface area (Å²) >= 11 is 1.34. The van der Waals surface area contributed by atoms with E-state index in [2.05, 4.69) is 9.97 Å². The molecular formula is C19H11F4N3OS. The Kier molecular flexibility index (Phi) is 4.60. The van der Waals surface area contributed by atoms with Crippen LogP contribution >= 0.6 is 11.3 Å². The highest BCUT2D eigenvalue weighted by molar-refractivity contribution is 7.17. The van der Waals surface area contributed by atoms with Crippen molar-refractivity contribution in [2.75, 3.05) is 5.54 Å². The van der Waals surface area contributed by atoms with Gasteiger partial charge in [-0.15, -0.1) is 15.8 Å². The Morgan fingerprint density at radius 2 is 1.64 bits per heavy atom. The molecule has 4 rings (SSSR count). The molecule has 142 valence electrons. The van der Waals surface area contributed by atoms with Gasteiger partial charge in [0.2, 0.25) is 5.88 Å². The van der Waals surface area contributed by atoms with Crippen molar-refractivity contribution >= 4 is 27.2 Å². The van der Waals surface area contributed by atoms with Crippen LogP contribution in [0.1, 0.15) is 5.56 Å². The maximum atomic E-state index is 12.8. The molecule has 0 saturated carbocycles. The molecule has 0 bridgehead atoms. The number of halogens is 4. The van der Waals surface area contributed by atoms with Crippen LogP contribution < -0.4 is 10.3 Å². The Hall–Kier alpha value is -3.20. The molecule has 2 aromatic carbocycles. The smallest absolute Gasteiger partial charge is 0.416 e. The minimum Gasteiger partial charge on any atom is -0.438 e. The standard InChI is InChI=1S/C19H11F4N3OS/c20-19(21,22)12-3-1-11(2-4-12)15-9-28-18-16(15)17(24-10-25-18)27-14-7-5-13(26-23)6-8-14/h1-10,26H. The largest absolute Gasteiger partial charge is 0.438 e. The Balaban J connectivity index is 1.74. The third-order valence-electron chi connectivity index (χ3n) is 4.04. The number of nitrogens with one attached hydrogen (secondary N) is 1. The second kappa shape index (κ2) is 7.08. The van der Waals surface area contributed by atoms with Crippen molar-refractivity contribution in [3.63, 3.8) is 0 Å². The van der Waals surface area contributed by atoms with E-state index in [9.17, 15) is 17.7 Å². The maximum Gasteiger partial charge on any atom is 0.416 e. The number of ether oxygens (including phenoxy) is 1. The van der Waals surface area contributed by atoms with Crippen molar-refractivity contribution in [2.24, 2.45) is 0 Å². The normalized spacial score (nSPS) is 11.6. The number of hydrogen-bond donors (Lipinski definition) is 1. The number of rotatable bonds is 4. The van der Waals surface area contributed by atoms with Crippen LogP contribution in [0.15, 0.2) is 60.2 Å². The highest BCUT2D eigenvalue weighted by Crippen LogP contribution is 2.40. The first-order chi connectivity index (χ1) is 13.5. The van der Waals surface area contributed by atoms with E-state index in [1.54, 1.807) is 17.5 Å². The summed E-state index contributed by atoms with van der Waals surface area (Å²) in [5.74, 6) is 0.700. The fourth-order valence-electron chi connectivity index (χ4n) is 2.67. The van der Waals surface area contributed by atoms with E-state index in [0.717, 1.165) is 12.1 Å². The van der Waals surface area contributed by atoms with Gasteiger partial charge in [0.25, 0.3) is 0 Å². The number of hydrogen-bond acceptors (Lipinski definition) is 5. The Morgan fingerprint density at radius 1 is 0.929 bits per heavy atom. The fourth-order valence-corrected chi connectivity index (χ4v) is 3.58. The molecule has 1 N–H and O–H groups in total. The van der Waals surface area contributed by atoms with Gasteiger partial charge in [0.15, 0.2) is 0 Å². The molecular weight excluding hydrogens is 394 g/mol. The molecule has 9 heteroatoms. The van der Waals surface area contributed by atoms with E-state index in [1.807, 2.05) is 0 Å². The minimum atomic E-state index is -4.40. The van der Waals surface area contributed by atoms with E-state index in [0.29, 0.717) is 27.1 Å². The SMILES string of the molecule is FNc1ccc(Oc2ncnc3scc(-c4ccc(C(F)(F)F)cc4)c23)cc1.